The van der Waals surface area contributed by atoms with E-state index in [1.807, 2.05) is 6.07 Å². The van der Waals surface area contributed by atoms with Gasteiger partial charge < -0.3 is 5.32 Å². The molecule has 90 valence electrons. The van der Waals surface area contributed by atoms with Gasteiger partial charge in [0.2, 0.25) is 0 Å². The number of rotatable bonds is 4. The van der Waals surface area contributed by atoms with Gasteiger partial charge in [0.25, 0.3) is 0 Å². The van der Waals surface area contributed by atoms with Crippen molar-refractivity contribution in [1.82, 2.24) is 9.97 Å². The molecule has 0 aliphatic carbocycles. The quantitative estimate of drug-likeness (QED) is 0.898. The molecular weight excluding hydrogens is 230 g/mol. The maximum atomic E-state index is 4.62. The zero-order chi connectivity index (χ0) is 12.3. The Bertz CT molecular complexity index is 492. The highest BCUT2D eigenvalue weighted by atomic mass is 32.1. The molecular formula is C13H17N3S. The summed E-state index contributed by atoms with van der Waals surface area (Å²) in [5.41, 5.74) is 2.29. The van der Waals surface area contributed by atoms with E-state index in [0.717, 1.165) is 35.2 Å². The highest BCUT2D eigenvalue weighted by molar-refractivity contribution is 7.13. The molecule has 0 spiro atoms. The first-order chi connectivity index (χ1) is 8.26. The molecule has 0 aliphatic heterocycles. The lowest BCUT2D eigenvalue weighted by Gasteiger charge is -2.12. The summed E-state index contributed by atoms with van der Waals surface area (Å²) < 4.78 is 0. The topological polar surface area (TPSA) is 37.8 Å². The van der Waals surface area contributed by atoms with Crippen LogP contribution in [0.5, 0.6) is 0 Å². The van der Waals surface area contributed by atoms with E-state index >= 15 is 0 Å². The molecule has 0 radical (unpaired) electrons. The lowest BCUT2D eigenvalue weighted by molar-refractivity contribution is 0.991. The average Bonchev–Trinajstić information content (AvgIpc) is 2.82. The summed E-state index contributed by atoms with van der Waals surface area (Å²) in [6.07, 6.45) is 0.957. The first kappa shape index (κ1) is 12.0. The Kier molecular flexibility index (Phi) is 3.74. The van der Waals surface area contributed by atoms with Gasteiger partial charge in [-0.25, -0.2) is 9.97 Å². The van der Waals surface area contributed by atoms with Crippen LogP contribution in [0, 0.1) is 6.92 Å². The third-order valence-electron chi connectivity index (χ3n) is 2.65. The van der Waals surface area contributed by atoms with Crippen LogP contribution in [0.25, 0.3) is 10.7 Å². The van der Waals surface area contributed by atoms with Gasteiger partial charge in [-0.1, -0.05) is 13.0 Å². The lowest BCUT2D eigenvalue weighted by Crippen LogP contribution is -2.07. The van der Waals surface area contributed by atoms with E-state index in [-0.39, 0.29) is 0 Å². The van der Waals surface area contributed by atoms with Gasteiger partial charge in [0.1, 0.15) is 5.82 Å². The van der Waals surface area contributed by atoms with Crippen molar-refractivity contribution in [3.8, 4) is 10.7 Å². The Morgan fingerprint density at radius 3 is 2.71 bits per heavy atom. The van der Waals surface area contributed by atoms with Gasteiger partial charge in [0.05, 0.1) is 4.88 Å². The molecule has 0 aliphatic rings. The van der Waals surface area contributed by atoms with Crippen molar-refractivity contribution in [2.24, 2.45) is 0 Å². The molecule has 2 rings (SSSR count). The van der Waals surface area contributed by atoms with E-state index in [1.54, 1.807) is 11.3 Å². The lowest BCUT2D eigenvalue weighted by atomic mass is 10.1. The first-order valence-corrected chi connectivity index (χ1v) is 6.79. The number of aromatic nitrogens is 2. The monoisotopic (exact) mass is 247 g/mol. The van der Waals surface area contributed by atoms with Crippen molar-refractivity contribution in [2.75, 3.05) is 11.9 Å². The van der Waals surface area contributed by atoms with Crippen molar-refractivity contribution in [1.29, 1.82) is 0 Å². The second kappa shape index (κ2) is 5.27. The van der Waals surface area contributed by atoms with E-state index in [2.05, 4.69) is 47.5 Å². The summed E-state index contributed by atoms with van der Waals surface area (Å²) in [7, 11) is 0. The van der Waals surface area contributed by atoms with E-state index < -0.39 is 0 Å². The Hall–Kier alpha value is -1.42. The van der Waals surface area contributed by atoms with Gasteiger partial charge in [-0.2, -0.15) is 0 Å². The Morgan fingerprint density at radius 2 is 2.12 bits per heavy atom. The number of nitrogens with zero attached hydrogens (tertiary/aromatic N) is 2. The third-order valence-corrected chi connectivity index (χ3v) is 3.52. The number of nitrogens with one attached hydrogen (secondary N) is 1. The Labute approximate surface area is 106 Å². The van der Waals surface area contributed by atoms with Crippen LogP contribution < -0.4 is 5.32 Å². The highest BCUT2D eigenvalue weighted by Gasteiger charge is 2.11. The fourth-order valence-corrected chi connectivity index (χ4v) is 2.51. The first-order valence-electron chi connectivity index (χ1n) is 5.91. The largest absolute Gasteiger partial charge is 0.370 e. The maximum Gasteiger partial charge on any atom is 0.171 e. The van der Waals surface area contributed by atoms with E-state index in [1.165, 1.54) is 5.56 Å². The molecule has 0 fully saturated rings. The van der Waals surface area contributed by atoms with Gasteiger partial charge in [-0.15, -0.1) is 11.3 Å². The Balaban J connectivity index is 2.50. The summed E-state index contributed by atoms with van der Waals surface area (Å²) in [6.45, 7) is 7.16. The van der Waals surface area contributed by atoms with Crippen LogP contribution in [0.15, 0.2) is 17.5 Å². The van der Waals surface area contributed by atoms with Gasteiger partial charge in [0.15, 0.2) is 5.82 Å². The van der Waals surface area contributed by atoms with Crippen molar-refractivity contribution < 1.29 is 0 Å². The maximum absolute atomic E-state index is 4.62. The van der Waals surface area contributed by atoms with Crippen molar-refractivity contribution >= 4 is 17.2 Å². The van der Waals surface area contributed by atoms with Gasteiger partial charge in [0, 0.05) is 17.8 Å². The van der Waals surface area contributed by atoms with E-state index in [4.69, 9.17) is 0 Å². The molecule has 1 N–H and O–H groups in total. The fourth-order valence-electron chi connectivity index (χ4n) is 1.85. The molecule has 17 heavy (non-hydrogen) atoms. The van der Waals surface area contributed by atoms with Crippen LogP contribution in [-0.4, -0.2) is 16.5 Å². The number of hydrogen-bond donors (Lipinski definition) is 1. The zero-order valence-corrected chi connectivity index (χ0v) is 11.3. The molecule has 4 heteroatoms. The zero-order valence-electron chi connectivity index (χ0n) is 10.4. The second-order valence-corrected chi connectivity index (χ2v) is 4.77. The van der Waals surface area contributed by atoms with Crippen LogP contribution in [-0.2, 0) is 6.42 Å². The second-order valence-electron chi connectivity index (χ2n) is 3.82. The normalized spacial score (nSPS) is 10.5. The van der Waals surface area contributed by atoms with Gasteiger partial charge in [-0.3, -0.25) is 0 Å². The minimum atomic E-state index is 0.825. The molecule has 0 saturated carbocycles. The Morgan fingerprint density at radius 1 is 1.29 bits per heavy atom. The summed E-state index contributed by atoms with van der Waals surface area (Å²) in [5.74, 6) is 1.80. The summed E-state index contributed by atoms with van der Waals surface area (Å²) in [5, 5.41) is 5.37. The molecule has 3 nitrogen and oxygen atoms in total. The van der Waals surface area contributed by atoms with Crippen LogP contribution in [0.4, 0.5) is 5.82 Å². The number of thiophene rings is 1. The minimum absolute atomic E-state index is 0.825. The van der Waals surface area contributed by atoms with E-state index in [9.17, 15) is 0 Å². The van der Waals surface area contributed by atoms with Crippen LogP contribution in [0.3, 0.4) is 0 Å². The molecule has 0 atom stereocenters. The van der Waals surface area contributed by atoms with Crippen LogP contribution in [0.2, 0.25) is 0 Å². The van der Waals surface area contributed by atoms with Crippen LogP contribution in [0.1, 0.15) is 25.1 Å². The predicted octanol–water partition coefficient (Wildman–Crippen LogP) is 3.51. The molecule has 0 aromatic carbocycles. The minimum Gasteiger partial charge on any atom is -0.370 e. The van der Waals surface area contributed by atoms with Gasteiger partial charge >= 0.3 is 0 Å². The number of aryl methyl sites for hydroxylation is 1. The van der Waals surface area contributed by atoms with Crippen molar-refractivity contribution in [3.05, 3.63) is 28.8 Å². The fraction of sp³-hybridized carbons (Fsp3) is 0.385. The van der Waals surface area contributed by atoms with Crippen molar-refractivity contribution in [3.63, 3.8) is 0 Å². The third kappa shape index (κ3) is 2.47. The average molecular weight is 247 g/mol. The van der Waals surface area contributed by atoms with Crippen molar-refractivity contribution in [2.45, 2.75) is 27.2 Å². The summed E-state index contributed by atoms with van der Waals surface area (Å²) in [4.78, 5) is 10.3. The smallest absolute Gasteiger partial charge is 0.171 e. The molecule has 0 saturated heterocycles. The molecule has 2 aromatic rings. The molecule has 2 heterocycles. The standard InChI is InChI=1S/C13H17N3S/c1-4-10-9(3)15-13(11-7-6-8-17-11)16-12(10)14-5-2/h6-8H,4-5H2,1-3H3,(H,14,15,16). The van der Waals surface area contributed by atoms with E-state index in [0.29, 0.717) is 0 Å². The molecule has 2 aromatic heterocycles. The summed E-state index contributed by atoms with van der Waals surface area (Å²) >= 11 is 1.67. The van der Waals surface area contributed by atoms with Gasteiger partial charge in [-0.05, 0) is 31.7 Å². The van der Waals surface area contributed by atoms with Crippen LogP contribution >= 0.6 is 11.3 Å². The molecule has 0 bridgehead atoms. The summed E-state index contributed by atoms with van der Waals surface area (Å²) in [6, 6.07) is 4.08. The number of hydrogen-bond acceptors (Lipinski definition) is 4. The predicted molar refractivity (Wildman–Crippen MR) is 73.6 cm³/mol. The number of anilines is 1. The highest BCUT2D eigenvalue weighted by Crippen LogP contribution is 2.25. The molecule has 0 unspecified atom stereocenters. The SMILES string of the molecule is CCNc1nc(-c2cccs2)nc(C)c1CC. The molecule has 0 amide bonds.